The highest BCUT2D eigenvalue weighted by molar-refractivity contribution is 7.99. The maximum atomic E-state index is 13.0. The van der Waals surface area contributed by atoms with Gasteiger partial charge in [-0.1, -0.05) is 12.1 Å². The fourth-order valence-electron chi connectivity index (χ4n) is 3.39. The SMILES string of the molecule is CS(=O)(=O)NCC1CCCCN1C(=O)Cn1c(SC(F)F)nc2ccccc21. The first-order valence-corrected chi connectivity index (χ1v) is 11.7. The number of piperidine rings is 1. The largest absolute Gasteiger partial charge is 0.337 e. The van der Waals surface area contributed by atoms with E-state index < -0.39 is 15.8 Å². The molecule has 7 nitrogen and oxygen atoms in total. The van der Waals surface area contributed by atoms with Crippen LogP contribution >= 0.6 is 11.8 Å². The van der Waals surface area contributed by atoms with E-state index in [0.717, 1.165) is 19.1 Å². The number of sulfonamides is 1. The van der Waals surface area contributed by atoms with E-state index in [1.54, 1.807) is 29.2 Å². The standard InChI is InChI=1S/C17H22F2N4O3S2/c1-28(25,26)20-10-12-6-4-5-9-22(12)15(24)11-23-14-8-3-2-7-13(14)21-17(23)27-16(18)19/h2-3,7-8,12,16,20H,4-6,9-11H2,1H3. The number of aromatic nitrogens is 2. The molecule has 1 fully saturated rings. The molecule has 1 aliphatic heterocycles. The van der Waals surface area contributed by atoms with Crippen molar-refractivity contribution in [2.45, 2.75) is 42.8 Å². The molecular weight excluding hydrogens is 410 g/mol. The minimum absolute atomic E-state index is 0.0902. The van der Waals surface area contributed by atoms with Crippen molar-refractivity contribution in [2.24, 2.45) is 0 Å². The summed E-state index contributed by atoms with van der Waals surface area (Å²) in [5, 5.41) is 0.0902. The fraction of sp³-hybridized carbons (Fsp3) is 0.529. The Morgan fingerprint density at radius 1 is 1.36 bits per heavy atom. The van der Waals surface area contributed by atoms with Gasteiger partial charge < -0.3 is 9.47 Å². The van der Waals surface area contributed by atoms with Gasteiger partial charge in [0.1, 0.15) is 6.54 Å². The number of likely N-dealkylation sites (tertiary alicyclic amines) is 1. The first-order chi connectivity index (χ1) is 13.2. The highest BCUT2D eigenvalue weighted by Gasteiger charge is 2.28. The summed E-state index contributed by atoms with van der Waals surface area (Å²) in [6.45, 7) is 0.539. The van der Waals surface area contributed by atoms with Crippen LogP contribution in [0.4, 0.5) is 8.78 Å². The van der Waals surface area contributed by atoms with Crippen molar-refractivity contribution in [3.8, 4) is 0 Å². The summed E-state index contributed by atoms with van der Waals surface area (Å²) in [4.78, 5) is 18.9. The number of carbonyl (C=O) groups is 1. The van der Waals surface area contributed by atoms with Gasteiger partial charge in [-0.3, -0.25) is 4.79 Å². The van der Waals surface area contributed by atoms with Crippen molar-refractivity contribution in [2.75, 3.05) is 19.3 Å². The number of hydrogen-bond acceptors (Lipinski definition) is 5. The molecule has 0 bridgehead atoms. The van der Waals surface area contributed by atoms with Gasteiger partial charge in [-0.2, -0.15) is 8.78 Å². The summed E-state index contributed by atoms with van der Waals surface area (Å²) in [5.74, 6) is -2.88. The second-order valence-corrected chi connectivity index (χ2v) is 9.50. The number of nitrogens with zero attached hydrogens (tertiary/aromatic N) is 3. The smallest absolute Gasteiger partial charge is 0.291 e. The molecule has 1 aromatic heterocycles. The van der Waals surface area contributed by atoms with Crippen LogP contribution in [-0.4, -0.2) is 59.9 Å². The number of hydrogen-bond donors (Lipinski definition) is 1. The summed E-state index contributed by atoms with van der Waals surface area (Å²) in [5.41, 5.74) is 1.16. The molecule has 1 aliphatic rings. The van der Waals surface area contributed by atoms with Crippen molar-refractivity contribution in [3.63, 3.8) is 0 Å². The van der Waals surface area contributed by atoms with Gasteiger partial charge in [-0.25, -0.2) is 18.1 Å². The predicted octanol–water partition coefficient (Wildman–Crippen LogP) is 2.28. The number of para-hydroxylation sites is 2. The Kier molecular flexibility index (Phi) is 6.56. The lowest BCUT2D eigenvalue weighted by molar-refractivity contribution is -0.135. The van der Waals surface area contributed by atoms with Crippen LogP contribution in [0.2, 0.25) is 0 Å². The molecule has 1 atom stereocenters. The lowest BCUT2D eigenvalue weighted by atomic mass is 10.0. The second kappa shape index (κ2) is 8.75. The number of fused-ring (bicyclic) bond motifs is 1. The molecule has 3 rings (SSSR count). The number of benzene rings is 1. The fourth-order valence-corrected chi connectivity index (χ4v) is 4.49. The Morgan fingerprint density at radius 3 is 2.82 bits per heavy atom. The van der Waals surface area contributed by atoms with E-state index in [1.807, 2.05) is 0 Å². The number of halogens is 2. The lowest BCUT2D eigenvalue weighted by Crippen LogP contribution is -2.50. The maximum absolute atomic E-state index is 13.0. The molecule has 0 saturated carbocycles. The van der Waals surface area contributed by atoms with Crippen LogP contribution in [0.15, 0.2) is 29.4 Å². The third-order valence-corrected chi connectivity index (χ3v) is 6.03. The molecule has 0 spiro atoms. The molecule has 28 heavy (non-hydrogen) atoms. The van der Waals surface area contributed by atoms with Crippen molar-refractivity contribution < 1.29 is 22.0 Å². The average molecular weight is 433 g/mol. The molecule has 2 heterocycles. The normalized spacial score (nSPS) is 18.1. The van der Waals surface area contributed by atoms with E-state index >= 15 is 0 Å². The molecule has 154 valence electrons. The molecular formula is C17H22F2N4O3S2. The van der Waals surface area contributed by atoms with Crippen molar-refractivity contribution in [1.29, 1.82) is 0 Å². The number of rotatable bonds is 7. The minimum Gasteiger partial charge on any atom is -0.337 e. The predicted molar refractivity (Wildman–Crippen MR) is 104 cm³/mol. The average Bonchev–Trinajstić information content (AvgIpc) is 2.96. The summed E-state index contributed by atoms with van der Waals surface area (Å²) in [6.07, 6.45) is 3.50. The van der Waals surface area contributed by atoms with Gasteiger partial charge in [0, 0.05) is 19.1 Å². The maximum Gasteiger partial charge on any atom is 0.291 e. The topological polar surface area (TPSA) is 84.3 Å². The first-order valence-electron chi connectivity index (χ1n) is 8.89. The van der Waals surface area contributed by atoms with Crippen LogP contribution in [0.3, 0.4) is 0 Å². The first kappa shape index (κ1) is 21.0. The van der Waals surface area contributed by atoms with Crippen LogP contribution in [0.25, 0.3) is 11.0 Å². The monoisotopic (exact) mass is 432 g/mol. The van der Waals surface area contributed by atoms with E-state index in [4.69, 9.17) is 0 Å². The van der Waals surface area contributed by atoms with Crippen LogP contribution < -0.4 is 4.72 Å². The van der Waals surface area contributed by atoms with E-state index in [-0.39, 0.29) is 30.2 Å². The van der Waals surface area contributed by atoms with E-state index in [9.17, 15) is 22.0 Å². The van der Waals surface area contributed by atoms with Crippen LogP contribution in [0, 0.1) is 0 Å². The number of alkyl halides is 2. The van der Waals surface area contributed by atoms with Crippen molar-refractivity contribution >= 4 is 38.7 Å². The molecule has 1 aromatic carbocycles. The van der Waals surface area contributed by atoms with E-state index in [1.165, 1.54) is 4.57 Å². The third-order valence-electron chi connectivity index (χ3n) is 4.64. The molecule has 1 amide bonds. The molecule has 11 heteroatoms. The number of thioether (sulfide) groups is 1. The number of nitrogens with one attached hydrogen (secondary N) is 1. The molecule has 1 N–H and O–H groups in total. The van der Waals surface area contributed by atoms with Crippen molar-refractivity contribution in [3.05, 3.63) is 24.3 Å². The van der Waals surface area contributed by atoms with Gasteiger partial charge in [0.15, 0.2) is 5.16 Å². The lowest BCUT2D eigenvalue weighted by Gasteiger charge is -2.36. The van der Waals surface area contributed by atoms with E-state index in [2.05, 4.69) is 9.71 Å². The van der Waals surface area contributed by atoms with Gasteiger partial charge in [-0.05, 0) is 43.2 Å². The van der Waals surface area contributed by atoms with Gasteiger partial charge in [-0.15, -0.1) is 0 Å². The zero-order valence-corrected chi connectivity index (χ0v) is 17.0. The highest BCUT2D eigenvalue weighted by Crippen LogP contribution is 2.29. The Hall–Kier alpha value is -1.72. The molecule has 0 radical (unpaired) electrons. The Labute approximate surface area is 166 Å². The third kappa shape index (κ3) is 5.21. The van der Waals surface area contributed by atoms with Gasteiger partial charge in [0.25, 0.3) is 5.76 Å². The Bertz CT molecular complexity index is 949. The molecule has 0 aliphatic carbocycles. The van der Waals surface area contributed by atoms with Gasteiger partial charge in [0.05, 0.1) is 17.3 Å². The molecule has 1 saturated heterocycles. The number of amides is 1. The van der Waals surface area contributed by atoms with Crippen LogP contribution in [0.5, 0.6) is 0 Å². The van der Waals surface area contributed by atoms with Crippen molar-refractivity contribution in [1.82, 2.24) is 19.2 Å². The molecule has 2 aromatic rings. The summed E-state index contributed by atoms with van der Waals surface area (Å²) in [7, 11) is -3.36. The van der Waals surface area contributed by atoms with Gasteiger partial charge >= 0.3 is 0 Å². The quantitative estimate of drug-likeness (QED) is 0.679. The number of imidazole rings is 1. The highest BCUT2D eigenvalue weighted by atomic mass is 32.2. The summed E-state index contributed by atoms with van der Waals surface area (Å²) in [6, 6.07) is 6.73. The second-order valence-electron chi connectivity index (χ2n) is 6.71. The van der Waals surface area contributed by atoms with Gasteiger partial charge in [0.2, 0.25) is 15.9 Å². The minimum atomic E-state index is -3.36. The zero-order valence-electron chi connectivity index (χ0n) is 15.3. The number of carbonyl (C=O) groups excluding carboxylic acids is 1. The zero-order chi connectivity index (χ0) is 20.3. The van der Waals surface area contributed by atoms with E-state index in [0.29, 0.717) is 35.8 Å². The van der Waals surface area contributed by atoms with Crippen LogP contribution in [-0.2, 0) is 21.4 Å². The Morgan fingerprint density at radius 2 is 2.11 bits per heavy atom. The molecule has 1 unspecified atom stereocenters. The summed E-state index contributed by atoms with van der Waals surface area (Å²) < 4.78 is 52.7. The summed E-state index contributed by atoms with van der Waals surface area (Å²) >= 11 is 0.310. The Balaban J connectivity index is 1.82. The van der Waals surface area contributed by atoms with Crippen LogP contribution in [0.1, 0.15) is 19.3 Å².